The molecular weight excluding hydrogens is 100 g/mol. The molecule has 0 aliphatic rings. The van der Waals surface area contributed by atoms with E-state index in [1.807, 2.05) is 6.92 Å². The fraction of sp³-hybridized carbons (Fsp3) is 0.429. The Bertz CT molecular complexity index is 89.0. The van der Waals surface area contributed by atoms with Gasteiger partial charge < -0.3 is 5.11 Å². The number of aliphatic hydroxyl groups is 1. The molecule has 0 aliphatic carbocycles. The van der Waals surface area contributed by atoms with Gasteiger partial charge in [0.15, 0.2) is 0 Å². The average molecular weight is 112 g/mol. The Hall–Kier alpha value is -0.720. The van der Waals surface area contributed by atoms with E-state index < -0.39 is 0 Å². The predicted octanol–water partition coefficient (Wildman–Crippen LogP) is 2.41. The van der Waals surface area contributed by atoms with E-state index in [2.05, 4.69) is 13.2 Å². The fourth-order valence-corrected chi connectivity index (χ4v) is 0.358. The summed E-state index contributed by atoms with van der Waals surface area (Å²) in [5, 5.41) is 8.57. The number of aliphatic hydroxyl groups excluding tert-OH is 1. The molecule has 1 nitrogen and oxygen atoms in total. The Morgan fingerprint density at radius 3 is 2.00 bits per heavy atom. The summed E-state index contributed by atoms with van der Waals surface area (Å²) in [4.78, 5) is 0. The van der Waals surface area contributed by atoms with Crippen molar-refractivity contribution >= 4 is 0 Å². The molecule has 0 radical (unpaired) electrons. The van der Waals surface area contributed by atoms with E-state index in [0.29, 0.717) is 6.42 Å². The average Bonchev–Trinajstić information content (AvgIpc) is 1.61. The molecule has 46 valence electrons. The van der Waals surface area contributed by atoms with Gasteiger partial charge in [-0.3, -0.25) is 0 Å². The number of rotatable bonds is 3. The van der Waals surface area contributed by atoms with Crippen LogP contribution >= 0.6 is 0 Å². The summed E-state index contributed by atoms with van der Waals surface area (Å²) in [5.74, 6) is 0.244. The Morgan fingerprint density at radius 2 is 1.88 bits per heavy atom. The molecule has 0 unspecified atom stereocenters. The maximum Gasteiger partial charge on any atom is 0.0854 e. The monoisotopic (exact) mass is 112 g/mol. The molecule has 0 heterocycles. The molecule has 0 rings (SSSR count). The van der Waals surface area contributed by atoms with Crippen LogP contribution in [0, 0.1) is 0 Å². The minimum absolute atomic E-state index is 0.244. The van der Waals surface area contributed by atoms with Crippen molar-refractivity contribution in [1.82, 2.24) is 0 Å². The highest BCUT2D eigenvalue weighted by Gasteiger charge is 1.87. The molecule has 0 aromatic heterocycles. The fourth-order valence-electron chi connectivity index (χ4n) is 0.358. The van der Waals surface area contributed by atoms with E-state index in [0.717, 1.165) is 12.0 Å². The summed E-state index contributed by atoms with van der Waals surface area (Å²) in [5.41, 5.74) is 1.08. The molecular formula is C7H12O. The zero-order valence-electron chi connectivity index (χ0n) is 5.28. The molecule has 0 aromatic rings. The highest BCUT2D eigenvalue weighted by atomic mass is 16.3. The van der Waals surface area contributed by atoms with Crippen LogP contribution in [0.2, 0.25) is 0 Å². The summed E-state index contributed by atoms with van der Waals surface area (Å²) >= 11 is 0. The predicted molar refractivity (Wildman–Crippen MR) is 35.8 cm³/mol. The van der Waals surface area contributed by atoms with Gasteiger partial charge in [0.1, 0.15) is 0 Å². The van der Waals surface area contributed by atoms with Gasteiger partial charge in [0.05, 0.1) is 5.76 Å². The molecule has 0 fully saturated rings. The van der Waals surface area contributed by atoms with Crippen LogP contribution in [-0.2, 0) is 0 Å². The smallest absolute Gasteiger partial charge is 0.0854 e. The van der Waals surface area contributed by atoms with E-state index in [-0.39, 0.29) is 5.76 Å². The van der Waals surface area contributed by atoms with E-state index in [1.54, 1.807) is 0 Å². The molecule has 0 aromatic carbocycles. The van der Waals surface area contributed by atoms with Crippen molar-refractivity contribution in [3.63, 3.8) is 0 Å². The number of hydrogen-bond donors (Lipinski definition) is 1. The third-order valence-electron chi connectivity index (χ3n) is 0.840. The summed E-state index contributed by atoms with van der Waals surface area (Å²) in [6.45, 7) is 8.95. The molecule has 0 aliphatic heterocycles. The highest BCUT2D eigenvalue weighted by molar-refractivity contribution is 4.92. The largest absolute Gasteiger partial charge is 0.513 e. The van der Waals surface area contributed by atoms with Gasteiger partial charge in [-0.05, 0) is 13.3 Å². The summed E-state index contributed by atoms with van der Waals surface area (Å²) in [6, 6.07) is 0. The molecule has 0 amide bonds. The second-order valence-electron chi connectivity index (χ2n) is 2.02. The van der Waals surface area contributed by atoms with Crippen LogP contribution in [0.4, 0.5) is 0 Å². The minimum atomic E-state index is 0.244. The normalized spacial score (nSPS) is 8.62. The first-order chi connectivity index (χ1) is 3.63. The van der Waals surface area contributed by atoms with Crippen molar-refractivity contribution in [3.05, 3.63) is 24.5 Å². The Labute approximate surface area is 50.3 Å². The van der Waals surface area contributed by atoms with Crippen LogP contribution in [0.15, 0.2) is 24.5 Å². The SMILES string of the molecule is C=C(C)CCC(=C)O. The van der Waals surface area contributed by atoms with E-state index >= 15 is 0 Å². The lowest BCUT2D eigenvalue weighted by Crippen LogP contribution is -1.78. The number of hydrogen-bond acceptors (Lipinski definition) is 1. The molecule has 0 atom stereocenters. The van der Waals surface area contributed by atoms with Crippen LogP contribution in [-0.4, -0.2) is 5.11 Å². The van der Waals surface area contributed by atoms with Crippen molar-refractivity contribution in [2.45, 2.75) is 19.8 Å². The molecule has 0 saturated carbocycles. The van der Waals surface area contributed by atoms with Crippen LogP contribution < -0.4 is 0 Å². The lowest BCUT2D eigenvalue weighted by atomic mass is 10.2. The van der Waals surface area contributed by atoms with Gasteiger partial charge in [-0.2, -0.15) is 0 Å². The van der Waals surface area contributed by atoms with Crippen molar-refractivity contribution in [2.75, 3.05) is 0 Å². The summed E-state index contributed by atoms with van der Waals surface area (Å²) in [6.07, 6.45) is 1.49. The molecule has 0 saturated heterocycles. The Kier molecular flexibility index (Phi) is 3.01. The molecule has 0 bridgehead atoms. The van der Waals surface area contributed by atoms with Gasteiger partial charge in [-0.15, -0.1) is 6.58 Å². The molecule has 1 heteroatoms. The zero-order valence-corrected chi connectivity index (χ0v) is 5.28. The van der Waals surface area contributed by atoms with Gasteiger partial charge >= 0.3 is 0 Å². The number of allylic oxidation sites excluding steroid dienone is 2. The maximum atomic E-state index is 8.57. The third-order valence-corrected chi connectivity index (χ3v) is 0.840. The van der Waals surface area contributed by atoms with Crippen LogP contribution in [0.5, 0.6) is 0 Å². The van der Waals surface area contributed by atoms with E-state index in [1.165, 1.54) is 0 Å². The summed E-state index contributed by atoms with van der Waals surface area (Å²) < 4.78 is 0. The van der Waals surface area contributed by atoms with Crippen LogP contribution in [0.3, 0.4) is 0 Å². The molecule has 0 spiro atoms. The van der Waals surface area contributed by atoms with Crippen molar-refractivity contribution in [1.29, 1.82) is 0 Å². The minimum Gasteiger partial charge on any atom is -0.513 e. The quantitative estimate of drug-likeness (QED) is 0.439. The first-order valence-electron chi connectivity index (χ1n) is 2.64. The topological polar surface area (TPSA) is 20.2 Å². The molecule has 1 N–H and O–H groups in total. The highest BCUT2D eigenvalue weighted by Crippen LogP contribution is 2.04. The van der Waals surface area contributed by atoms with Crippen molar-refractivity contribution in [2.24, 2.45) is 0 Å². The van der Waals surface area contributed by atoms with Crippen molar-refractivity contribution in [3.8, 4) is 0 Å². The first kappa shape index (κ1) is 7.28. The zero-order chi connectivity index (χ0) is 6.57. The van der Waals surface area contributed by atoms with Gasteiger partial charge in [0, 0.05) is 6.42 Å². The lowest BCUT2D eigenvalue weighted by molar-refractivity contribution is 0.391. The van der Waals surface area contributed by atoms with Crippen LogP contribution in [0.1, 0.15) is 19.8 Å². The second-order valence-corrected chi connectivity index (χ2v) is 2.02. The van der Waals surface area contributed by atoms with Crippen molar-refractivity contribution < 1.29 is 5.11 Å². The van der Waals surface area contributed by atoms with Gasteiger partial charge in [-0.25, -0.2) is 0 Å². The Morgan fingerprint density at radius 1 is 1.38 bits per heavy atom. The molecule has 8 heavy (non-hydrogen) atoms. The summed E-state index contributed by atoms with van der Waals surface area (Å²) in [7, 11) is 0. The maximum absolute atomic E-state index is 8.57. The van der Waals surface area contributed by atoms with Gasteiger partial charge in [0.25, 0.3) is 0 Å². The van der Waals surface area contributed by atoms with Gasteiger partial charge in [0.2, 0.25) is 0 Å². The van der Waals surface area contributed by atoms with E-state index in [9.17, 15) is 0 Å². The first-order valence-corrected chi connectivity index (χ1v) is 2.64. The lowest BCUT2D eigenvalue weighted by Gasteiger charge is -1.94. The standard InChI is InChI=1S/C7H12O/c1-6(2)4-5-7(3)8/h8H,1,3-5H2,2H3. The second kappa shape index (κ2) is 3.30. The Balaban J connectivity index is 3.18. The third kappa shape index (κ3) is 5.28. The van der Waals surface area contributed by atoms with E-state index in [4.69, 9.17) is 5.11 Å². The van der Waals surface area contributed by atoms with Gasteiger partial charge in [-0.1, -0.05) is 12.2 Å². The van der Waals surface area contributed by atoms with Crippen LogP contribution in [0.25, 0.3) is 0 Å².